The Bertz CT molecular complexity index is 1410. The van der Waals surface area contributed by atoms with Crippen LogP contribution in [0.2, 0.25) is 0 Å². The van der Waals surface area contributed by atoms with Gasteiger partial charge in [-0.05, 0) is 75.2 Å². The first-order valence-electron chi connectivity index (χ1n) is 11.9. The second-order valence-corrected chi connectivity index (χ2v) is 9.03. The molecule has 0 aliphatic carbocycles. The Labute approximate surface area is 217 Å². The van der Waals surface area contributed by atoms with E-state index in [1.807, 2.05) is 31.2 Å². The van der Waals surface area contributed by atoms with Crippen molar-refractivity contribution in [3.8, 4) is 17.2 Å². The topological polar surface area (TPSA) is 82.7 Å². The number of H-pyrrole nitrogens is 1. The van der Waals surface area contributed by atoms with Crippen molar-refractivity contribution in [1.82, 2.24) is 10.2 Å². The zero-order valence-electron chi connectivity index (χ0n) is 21.3. The molecule has 1 heterocycles. The predicted octanol–water partition coefficient (Wildman–Crippen LogP) is 6.66. The van der Waals surface area contributed by atoms with Gasteiger partial charge in [-0.25, -0.2) is 4.79 Å². The summed E-state index contributed by atoms with van der Waals surface area (Å²) in [7, 11) is 0. The third-order valence-electron chi connectivity index (χ3n) is 5.70. The van der Waals surface area contributed by atoms with Gasteiger partial charge < -0.3 is 18.9 Å². The number of aromatic amines is 1. The predicted molar refractivity (Wildman–Crippen MR) is 134 cm³/mol. The summed E-state index contributed by atoms with van der Waals surface area (Å²) in [4.78, 5) is 12.2. The van der Waals surface area contributed by atoms with E-state index in [4.69, 9.17) is 14.2 Å². The number of aromatic nitrogens is 2. The van der Waals surface area contributed by atoms with Gasteiger partial charge in [0.25, 0.3) is 0 Å². The van der Waals surface area contributed by atoms with Crippen molar-refractivity contribution in [2.45, 2.75) is 45.8 Å². The summed E-state index contributed by atoms with van der Waals surface area (Å²) in [6.45, 7) is 7.02. The first-order chi connectivity index (χ1) is 18.0. The smallest absolute Gasteiger partial charge is 0.479 e. The van der Waals surface area contributed by atoms with E-state index in [0.29, 0.717) is 28.3 Å². The van der Waals surface area contributed by atoms with Gasteiger partial charge in [0.1, 0.15) is 22.9 Å². The number of ether oxygens (including phenoxy) is 4. The van der Waals surface area contributed by atoms with Crippen LogP contribution in [0.15, 0.2) is 66.7 Å². The Kier molecular flexibility index (Phi) is 7.52. The molecule has 3 aromatic carbocycles. The maximum absolute atomic E-state index is 12.6. The minimum atomic E-state index is -4.79. The van der Waals surface area contributed by atoms with Gasteiger partial charge in [-0.2, -0.15) is 5.10 Å². The monoisotopic (exact) mass is 528 g/mol. The van der Waals surface area contributed by atoms with E-state index in [1.54, 1.807) is 39.0 Å². The van der Waals surface area contributed by atoms with E-state index >= 15 is 0 Å². The van der Waals surface area contributed by atoms with Gasteiger partial charge in [-0.1, -0.05) is 30.3 Å². The number of hydrogen-bond donors (Lipinski definition) is 1. The van der Waals surface area contributed by atoms with Crippen molar-refractivity contribution < 1.29 is 36.9 Å². The molecule has 0 amide bonds. The summed E-state index contributed by atoms with van der Waals surface area (Å²) in [5, 5.41) is 8.21. The summed E-state index contributed by atoms with van der Waals surface area (Å²) in [5.74, 6) is 0.124. The molecule has 0 spiro atoms. The van der Waals surface area contributed by atoms with Crippen LogP contribution in [0, 0.1) is 6.92 Å². The molecule has 0 fully saturated rings. The van der Waals surface area contributed by atoms with Crippen molar-refractivity contribution in [3.63, 3.8) is 0 Å². The molecule has 1 aromatic heterocycles. The number of para-hydroxylation sites is 1. The molecule has 0 saturated carbocycles. The summed E-state index contributed by atoms with van der Waals surface area (Å²) in [6.07, 6.45) is -5.55. The number of esters is 1. The molecule has 0 bridgehead atoms. The van der Waals surface area contributed by atoms with E-state index in [1.165, 1.54) is 24.3 Å². The highest BCUT2D eigenvalue weighted by molar-refractivity contribution is 5.82. The van der Waals surface area contributed by atoms with Crippen LogP contribution >= 0.6 is 0 Å². The highest BCUT2D eigenvalue weighted by Crippen LogP contribution is 2.35. The van der Waals surface area contributed by atoms with Crippen LogP contribution in [-0.2, 0) is 9.53 Å². The molecule has 10 heteroatoms. The van der Waals surface area contributed by atoms with E-state index in [9.17, 15) is 18.0 Å². The zero-order valence-corrected chi connectivity index (χ0v) is 21.3. The number of fused-ring (bicyclic) bond motifs is 1. The fraction of sp³-hybridized carbons (Fsp3) is 0.286. The van der Waals surface area contributed by atoms with Crippen LogP contribution in [0.5, 0.6) is 17.2 Å². The van der Waals surface area contributed by atoms with E-state index < -0.39 is 24.0 Å². The molecule has 38 heavy (non-hydrogen) atoms. The van der Waals surface area contributed by atoms with Crippen LogP contribution in [0.25, 0.3) is 10.9 Å². The molecular formula is C28H27F3N2O5. The number of alkyl halides is 3. The van der Waals surface area contributed by atoms with Crippen LogP contribution < -0.4 is 14.2 Å². The lowest BCUT2D eigenvalue weighted by Crippen LogP contribution is -2.39. The SMILES string of the molecule is CCOC(=O)C(C)(C)Oc1ccc(OC(c2ccc(OC(F)(F)F)cc2)c2n[nH]c3ccccc23)cc1C. The largest absolute Gasteiger partial charge is 0.573 e. The second kappa shape index (κ2) is 10.6. The average Bonchev–Trinajstić information content (AvgIpc) is 3.28. The van der Waals surface area contributed by atoms with Gasteiger partial charge in [0, 0.05) is 5.39 Å². The Morgan fingerprint density at radius 2 is 1.66 bits per heavy atom. The second-order valence-electron chi connectivity index (χ2n) is 9.03. The number of rotatable bonds is 9. The van der Waals surface area contributed by atoms with Crippen molar-refractivity contribution in [2.75, 3.05) is 6.61 Å². The van der Waals surface area contributed by atoms with Crippen LogP contribution in [0.3, 0.4) is 0 Å². The molecule has 0 radical (unpaired) electrons. The molecule has 0 aliphatic rings. The number of carbonyl (C=O) groups excluding carboxylic acids is 1. The molecule has 0 aliphatic heterocycles. The first-order valence-corrected chi connectivity index (χ1v) is 11.9. The van der Waals surface area contributed by atoms with Gasteiger partial charge in [0.05, 0.1) is 12.1 Å². The molecular weight excluding hydrogens is 501 g/mol. The van der Waals surface area contributed by atoms with Gasteiger partial charge in [-0.3, -0.25) is 5.10 Å². The fourth-order valence-electron chi connectivity index (χ4n) is 3.88. The minimum Gasteiger partial charge on any atom is -0.479 e. The number of nitrogens with zero attached hydrogens (tertiary/aromatic N) is 1. The number of aryl methyl sites for hydroxylation is 1. The number of benzene rings is 3. The third-order valence-corrected chi connectivity index (χ3v) is 5.70. The fourth-order valence-corrected chi connectivity index (χ4v) is 3.88. The van der Waals surface area contributed by atoms with Gasteiger partial charge in [0.2, 0.25) is 0 Å². The summed E-state index contributed by atoms with van der Waals surface area (Å²) in [6, 6.07) is 18.1. The lowest BCUT2D eigenvalue weighted by Gasteiger charge is -2.25. The summed E-state index contributed by atoms with van der Waals surface area (Å²) < 4.78 is 59.3. The molecule has 1 N–H and O–H groups in total. The first kappa shape index (κ1) is 26.8. The van der Waals surface area contributed by atoms with Crippen molar-refractivity contribution >= 4 is 16.9 Å². The summed E-state index contributed by atoms with van der Waals surface area (Å²) >= 11 is 0. The molecule has 0 saturated heterocycles. The maximum atomic E-state index is 12.6. The third kappa shape index (κ3) is 6.19. The standard InChI is InChI=1S/C28H27F3N2O5/c1-5-35-26(34)27(3,4)38-23-15-14-20(16-17(23)2)36-25(24-21-8-6-7-9-22(21)32-33-24)18-10-12-19(13-11-18)37-28(29,30)31/h6-16,25H,5H2,1-4H3,(H,32,33). The number of halogens is 3. The van der Waals surface area contributed by atoms with Gasteiger partial charge >= 0.3 is 12.3 Å². The van der Waals surface area contributed by atoms with Crippen molar-refractivity contribution in [1.29, 1.82) is 0 Å². The normalized spacial score (nSPS) is 12.7. The molecule has 7 nitrogen and oxygen atoms in total. The summed E-state index contributed by atoms with van der Waals surface area (Å²) in [5.41, 5.74) is 1.43. The number of carbonyl (C=O) groups is 1. The zero-order chi connectivity index (χ0) is 27.5. The Balaban J connectivity index is 1.65. The van der Waals surface area contributed by atoms with Gasteiger partial charge in [-0.15, -0.1) is 13.2 Å². The highest BCUT2D eigenvalue weighted by Gasteiger charge is 2.33. The van der Waals surface area contributed by atoms with Crippen molar-refractivity contribution in [2.24, 2.45) is 0 Å². The molecule has 1 atom stereocenters. The lowest BCUT2D eigenvalue weighted by atomic mass is 10.0. The number of nitrogens with one attached hydrogen (secondary N) is 1. The Morgan fingerprint density at radius 3 is 2.32 bits per heavy atom. The lowest BCUT2D eigenvalue weighted by molar-refractivity contribution is -0.274. The van der Waals surface area contributed by atoms with E-state index in [0.717, 1.165) is 10.9 Å². The molecule has 200 valence electrons. The van der Waals surface area contributed by atoms with E-state index in [-0.39, 0.29) is 12.4 Å². The highest BCUT2D eigenvalue weighted by atomic mass is 19.4. The maximum Gasteiger partial charge on any atom is 0.573 e. The minimum absolute atomic E-state index is 0.240. The van der Waals surface area contributed by atoms with Crippen molar-refractivity contribution in [3.05, 3.63) is 83.6 Å². The average molecular weight is 529 g/mol. The van der Waals surface area contributed by atoms with Crippen LogP contribution in [0.1, 0.15) is 43.7 Å². The molecule has 1 unspecified atom stereocenters. The Morgan fingerprint density at radius 1 is 0.974 bits per heavy atom. The van der Waals surface area contributed by atoms with E-state index in [2.05, 4.69) is 14.9 Å². The molecule has 4 aromatic rings. The Hall–Kier alpha value is -4.21. The number of hydrogen-bond acceptors (Lipinski definition) is 6. The molecule has 4 rings (SSSR count). The van der Waals surface area contributed by atoms with Crippen LogP contribution in [0.4, 0.5) is 13.2 Å². The quantitative estimate of drug-likeness (QED) is 0.245. The van der Waals surface area contributed by atoms with Gasteiger partial charge in [0.15, 0.2) is 11.7 Å². The van der Waals surface area contributed by atoms with Crippen LogP contribution in [-0.4, -0.2) is 34.7 Å².